The van der Waals surface area contributed by atoms with Crippen LogP contribution in [0.15, 0.2) is 94.7 Å². The van der Waals surface area contributed by atoms with Gasteiger partial charge in [0.1, 0.15) is 0 Å². The summed E-state index contributed by atoms with van der Waals surface area (Å²) in [6, 6.07) is 27.3. The Morgan fingerprint density at radius 3 is 1.47 bits per heavy atom. The minimum atomic E-state index is -0.0406. The fraction of sp³-hybridized carbons (Fsp3) is 0.167. The van der Waals surface area contributed by atoms with Crippen LogP contribution in [0.3, 0.4) is 0 Å². The summed E-state index contributed by atoms with van der Waals surface area (Å²) in [6.07, 6.45) is 0.847. The Labute approximate surface area is 185 Å². The molecule has 30 heavy (non-hydrogen) atoms. The van der Waals surface area contributed by atoms with E-state index in [0.29, 0.717) is 35.7 Å². The summed E-state index contributed by atoms with van der Waals surface area (Å²) in [5.74, 6) is 1.35. The van der Waals surface area contributed by atoms with Gasteiger partial charge in [0, 0.05) is 45.5 Å². The zero-order valence-electron chi connectivity index (χ0n) is 16.5. The van der Waals surface area contributed by atoms with Crippen LogP contribution in [-0.4, -0.2) is 23.3 Å². The number of rotatable bonds is 10. The third-order valence-electron chi connectivity index (χ3n) is 4.11. The fourth-order valence-electron chi connectivity index (χ4n) is 2.68. The summed E-state index contributed by atoms with van der Waals surface area (Å²) >= 11 is 3.31. The molecule has 0 saturated heterocycles. The van der Waals surface area contributed by atoms with Crippen LogP contribution in [0.5, 0.6) is 0 Å². The van der Waals surface area contributed by atoms with Crippen LogP contribution in [0.2, 0.25) is 0 Å². The van der Waals surface area contributed by atoms with E-state index in [1.54, 1.807) is 29.6 Å². The molecule has 2 amide bonds. The van der Waals surface area contributed by atoms with Crippen LogP contribution in [0.25, 0.3) is 0 Å². The quantitative estimate of drug-likeness (QED) is 0.387. The van der Waals surface area contributed by atoms with E-state index < -0.39 is 0 Å². The standard InChI is InChI=1S/C24H24N2O2S2/c27-23(14-16-29-21-10-3-1-4-11-21)25-19-8-7-9-20(18-19)26-24(28)15-17-30-22-12-5-2-6-13-22/h1-13,18H,14-17H2,(H,25,27)(H,26,28). The monoisotopic (exact) mass is 436 g/mol. The Morgan fingerprint density at radius 1 is 0.600 bits per heavy atom. The molecule has 0 radical (unpaired) electrons. The Morgan fingerprint density at radius 2 is 1.03 bits per heavy atom. The van der Waals surface area contributed by atoms with Crippen molar-refractivity contribution >= 4 is 46.7 Å². The van der Waals surface area contributed by atoms with Gasteiger partial charge >= 0.3 is 0 Å². The number of amides is 2. The molecule has 0 aromatic heterocycles. The minimum Gasteiger partial charge on any atom is -0.326 e. The van der Waals surface area contributed by atoms with Crippen LogP contribution >= 0.6 is 23.5 Å². The van der Waals surface area contributed by atoms with Crippen molar-refractivity contribution in [2.45, 2.75) is 22.6 Å². The molecule has 6 heteroatoms. The lowest BCUT2D eigenvalue weighted by Gasteiger charge is -2.09. The van der Waals surface area contributed by atoms with E-state index in [4.69, 9.17) is 0 Å². The second kappa shape index (κ2) is 12.1. The van der Waals surface area contributed by atoms with Crippen LogP contribution < -0.4 is 10.6 Å². The Hall–Kier alpha value is -2.70. The third kappa shape index (κ3) is 7.97. The van der Waals surface area contributed by atoms with Crippen molar-refractivity contribution in [1.82, 2.24) is 0 Å². The van der Waals surface area contributed by atoms with Crippen LogP contribution in [0.4, 0.5) is 11.4 Å². The maximum absolute atomic E-state index is 12.2. The molecule has 2 N–H and O–H groups in total. The number of carbonyl (C=O) groups is 2. The number of benzene rings is 3. The van der Waals surface area contributed by atoms with E-state index in [1.165, 1.54) is 0 Å². The van der Waals surface area contributed by atoms with Crippen molar-refractivity contribution in [2.75, 3.05) is 22.1 Å². The normalized spacial score (nSPS) is 10.4. The van der Waals surface area contributed by atoms with Gasteiger partial charge in [0.15, 0.2) is 0 Å². The first-order chi connectivity index (χ1) is 14.7. The predicted molar refractivity (Wildman–Crippen MR) is 127 cm³/mol. The summed E-state index contributed by atoms with van der Waals surface area (Å²) in [6.45, 7) is 0. The molecule has 0 aliphatic carbocycles. The average Bonchev–Trinajstić information content (AvgIpc) is 2.75. The molecule has 0 aliphatic rings. The number of carbonyl (C=O) groups excluding carboxylic acids is 2. The van der Waals surface area contributed by atoms with Gasteiger partial charge in [-0.3, -0.25) is 9.59 Å². The van der Waals surface area contributed by atoms with Crippen molar-refractivity contribution in [2.24, 2.45) is 0 Å². The van der Waals surface area contributed by atoms with E-state index in [-0.39, 0.29) is 11.8 Å². The van der Waals surface area contributed by atoms with Gasteiger partial charge in [-0.1, -0.05) is 42.5 Å². The highest BCUT2D eigenvalue weighted by atomic mass is 32.2. The smallest absolute Gasteiger partial charge is 0.225 e. The van der Waals surface area contributed by atoms with E-state index in [2.05, 4.69) is 10.6 Å². The average molecular weight is 437 g/mol. The van der Waals surface area contributed by atoms with Crippen LogP contribution in [0, 0.1) is 0 Å². The number of thioether (sulfide) groups is 2. The third-order valence-corrected chi connectivity index (χ3v) is 6.14. The number of anilines is 2. The zero-order valence-corrected chi connectivity index (χ0v) is 18.2. The molecular weight excluding hydrogens is 412 g/mol. The Kier molecular flexibility index (Phi) is 8.87. The molecule has 0 saturated carbocycles. The highest BCUT2D eigenvalue weighted by Gasteiger charge is 2.06. The molecular formula is C24H24N2O2S2. The van der Waals surface area contributed by atoms with Gasteiger partial charge in [0.25, 0.3) is 0 Å². The summed E-state index contributed by atoms with van der Waals surface area (Å²) in [7, 11) is 0. The van der Waals surface area contributed by atoms with Gasteiger partial charge < -0.3 is 10.6 Å². The van der Waals surface area contributed by atoms with Crippen LogP contribution in [-0.2, 0) is 9.59 Å². The highest BCUT2D eigenvalue weighted by Crippen LogP contribution is 2.20. The number of nitrogens with one attached hydrogen (secondary N) is 2. The number of hydrogen-bond donors (Lipinski definition) is 2. The van der Waals surface area contributed by atoms with E-state index in [9.17, 15) is 9.59 Å². The summed E-state index contributed by atoms with van der Waals surface area (Å²) in [5, 5.41) is 5.80. The second-order valence-electron chi connectivity index (χ2n) is 6.50. The molecule has 0 aliphatic heterocycles. The van der Waals surface area contributed by atoms with Gasteiger partial charge in [0.05, 0.1) is 0 Å². The summed E-state index contributed by atoms with van der Waals surface area (Å²) < 4.78 is 0. The molecule has 0 spiro atoms. The first kappa shape index (κ1) is 22.0. The first-order valence-electron chi connectivity index (χ1n) is 9.74. The Balaban J connectivity index is 1.40. The Bertz CT molecular complexity index is 875. The fourth-order valence-corrected chi connectivity index (χ4v) is 4.42. The van der Waals surface area contributed by atoms with Crippen LogP contribution in [0.1, 0.15) is 12.8 Å². The molecule has 3 rings (SSSR count). The zero-order chi connectivity index (χ0) is 21.0. The molecule has 154 valence electrons. The summed E-state index contributed by atoms with van der Waals surface area (Å²) in [4.78, 5) is 26.7. The first-order valence-corrected chi connectivity index (χ1v) is 11.7. The molecule has 0 unspecified atom stereocenters. The maximum Gasteiger partial charge on any atom is 0.225 e. The SMILES string of the molecule is O=C(CCSc1ccccc1)Nc1cccc(NC(=O)CCSc2ccccc2)c1. The van der Waals surface area contributed by atoms with Gasteiger partial charge in [0.2, 0.25) is 11.8 Å². The van der Waals surface area contributed by atoms with Crippen molar-refractivity contribution in [3.05, 3.63) is 84.9 Å². The van der Waals surface area contributed by atoms with Crippen molar-refractivity contribution in [3.63, 3.8) is 0 Å². The molecule has 0 bridgehead atoms. The van der Waals surface area contributed by atoms with Gasteiger partial charge in [-0.15, -0.1) is 23.5 Å². The van der Waals surface area contributed by atoms with Crippen molar-refractivity contribution < 1.29 is 9.59 Å². The molecule has 3 aromatic carbocycles. The lowest BCUT2D eigenvalue weighted by Crippen LogP contribution is -2.14. The molecule has 0 heterocycles. The second-order valence-corrected chi connectivity index (χ2v) is 8.84. The van der Waals surface area contributed by atoms with E-state index in [0.717, 1.165) is 9.79 Å². The van der Waals surface area contributed by atoms with Gasteiger partial charge in [-0.05, 0) is 42.5 Å². The maximum atomic E-state index is 12.2. The minimum absolute atomic E-state index is 0.0406. The van der Waals surface area contributed by atoms with Gasteiger partial charge in [-0.2, -0.15) is 0 Å². The van der Waals surface area contributed by atoms with Crippen molar-refractivity contribution in [1.29, 1.82) is 0 Å². The topological polar surface area (TPSA) is 58.2 Å². The molecule has 0 atom stereocenters. The lowest BCUT2D eigenvalue weighted by atomic mass is 10.2. The largest absolute Gasteiger partial charge is 0.326 e. The predicted octanol–water partition coefficient (Wildman–Crippen LogP) is 5.93. The number of hydrogen-bond acceptors (Lipinski definition) is 4. The molecule has 3 aromatic rings. The van der Waals surface area contributed by atoms with Crippen molar-refractivity contribution in [3.8, 4) is 0 Å². The van der Waals surface area contributed by atoms with E-state index >= 15 is 0 Å². The van der Waals surface area contributed by atoms with Gasteiger partial charge in [-0.25, -0.2) is 0 Å². The summed E-state index contributed by atoms with van der Waals surface area (Å²) in [5.41, 5.74) is 1.36. The van der Waals surface area contributed by atoms with E-state index in [1.807, 2.05) is 78.9 Å². The molecule has 0 fully saturated rings. The molecule has 4 nitrogen and oxygen atoms in total. The highest BCUT2D eigenvalue weighted by molar-refractivity contribution is 7.99. The lowest BCUT2D eigenvalue weighted by molar-refractivity contribution is -0.116.